The first-order valence-electron chi connectivity index (χ1n) is 3.12. The van der Waals surface area contributed by atoms with Crippen LogP contribution in [0, 0.1) is 12.3 Å². The van der Waals surface area contributed by atoms with Gasteiger partial charge in [-0.2, -0.15) is 0 Å². The molecule has 1 unspecified atom stereocenters. The van der Waals surface area contributed by atoms with Gasteiger partial charge in [0.05, 0.1) is 5.03 Å². The molecule has 0 amide bonds. The quantitative estimate of drug-likeness (QED) is 0.242. The van der Waals surface area contributed by atoms with Gasteiger partial charge in [0.2, 0.25) is 7.98 Å². The van der Waals surface area contributed by atoms with E-state index in [0.717, 1.165) is 5.57 Å². The van der Waals surface area contributed by atoms with Gasteiger partial charge in [0, 0.05) is 6.20 Å². The molecular formula is C7H9BClN2P. The van der Waals surface area contributed by atoms with E-state index < -0.39 is 0 Å². The standard InChI is InChI=1S/C7H9BClN2P/c1-3-4-6(2)7(9)5-11(12)10-8/h1,4-5,10H,12H2,2H3/b6-4-,7-5+. The van der Waals surface area contributed by atoms with Crippen molar-refractivity contribution in [1.29, 1.82) is 0 Å². The molecule has 0 spiro atoms. The van der Waals surface area contributed by atoms with Gasteiger partial charge in [0.25, 0.3) is 0 Å². The van der Waals surface area contributed by atoms with E-state index in [2.05, 4.69) is 20.6 Å². The summed E-state index contributed by atoms with van der Waals surface area (Å²) < 4.78 is 1.44. The summed E-state index contributed by atoms with van der Waals surface area (Å²) in [6.07, 6.45) is 8.23. The Hall–Kier alpha value is -0.415. The van der Waals surface area contributed by atoms with E-state index in [4.69, 9.17) is 26.0 Å². The highest BCUT2D eigenvalue weighted by Gasteiger charge is 1.95. The molecule has 0 heterocycles. The van der Waals surface area contributed by atoms with Crippen molar-refractivity contribution in [2.24, 2.45) is 0 Å². The second kappa shape index (κ2) is 6.14. The maximum atomic E-state index is 5.83. The van der Waals surface area contributed by atoms with Crippen molar-refractivity contribution in [3.05, 3.63) is 22.9 Å². The van der Waals surface area contributed by atoms with Gasteiger partial charge in [-0.3, -0.25) is 5.34 Å². The maximum absolute atomic E-state index is 5.83. The van der Waals surface area contributed by atoms with Crippen molar-refractivity contribution in [2.45, 2.75) is 6.92 Å². The number of hydrogen-bond donors (Lipinski definition) is 1. The van der Waals surface area contributed by atoms with Gasteiger partial charge >= 0.3 is 0 Å². The molecule has 0 aromatic rings. The summed E-state index contributed by atoms with van der Waals surface area (Å²) in [4.78, 5) is 0. The summed E-state index contributed by atoms with van der Waals surface area (Å²) >= 11 is 5.83. The van der Waals surface area contributed by atoms with Gasteiger partial charge < -0.3 is 4.78 Å². The minimum absolute atomic E-state index is 0.529. The van der Waals surface area contributed by atoms with E-state index in [9.17, 15) is 0 Å². The molecule has 0 fully saturated rings. The average molecular weight is 198 g/mol. The normalized spacial score (nSPS) is 12.5. The van der Waals surface area contributed by atoms with Crippen LogP contribution in [0.5, 0.6) is 0 Å². The van der Waals surface area contributed by atoms with E-state index in [1.807, 2.05) is 6.92 Å². The van der Waals surface area contributed by atoms with E-state index in [0.29, 0.717) is 5.03 Å². The number of hydrazine groups is 1. The minimum Gasteiger partial charge on any atom is -0.311 e. The Morgan fingerprint density at radius 1 is 1.83 bits per heavy atom. The van der Waals surface area contributed by atoms with Gasteiger partial charge in [-0.25, -0.2) is 0 Å². The highest BCUT2D eigenvalue weighted by molar-refractivity contribution is 7.13. The van der Waals surface area contributed by atoms with Crippen molar-refractivity contribution in [2.75, 3.05) is 0 Å². The van der Waals surface area contributed by atoms with Crippen LogP contribution in [0.4, 0.5) is 0 Å². The molecule has 5 heteroatoms. The Labute approximate surface area is 81.7 Å². The molecule has 0 bridgehead atoms. The smallest absolute Gasteiger partial charge is 0.210 e. The van der Waals surface area contributed by atoms with E-state index in [1.165, 1.54) is 4.78 Å². The molecule has 12 heavy (non-hydrogen) atoms. The lowest BCUT2D eigenvalue weighted by Crippen LogP contribution is -2.20. The zero-order chi connectivity index (χ0) is 9.56. The molecule has 2 nitrogen and oxygen atoms in total. The molecule has 0 rings (SSSR count). The molecule has 0 aromatic carbocycles. The molecule has 0 saturated heterocycles. The third kappa shape index (κ3) is 4.46. The van der Waals surface area contributed by atoms with Crippen molar-refractivity contribution in [3.63, 3.8) is 0 Å². The summed E-state index contributed by atoms with van der Waals surface area (Å²) in [6, 6.07) is 0. The lowest BCUT2D eigenvalue weighted by molar-refractivity contribution is 0.591. The molecule has 2 radical (unpaired) electrons. The predicted octanol–water partition coefficient (Wildman–Crippen LogP) is 1.33. The van der Waals surface area contributed by atoms with Crippen LogP contribution in [-0.2, 0) is 0 Å². The number of allylic oxidation sites excluding steroid dienone is 3. The summed E-state index contributed by atoms with van der Waals surface area (Å²) in [5, 5.41) is 2.88. The number of hydrogen-bond acceptors (Lipinski definition) is 2. The lowest BCUT2D eigenvalue weighted by atomic mass is 10.3. The number of terminal acetylenes is 1. The van der Waals surface area contributed by atoms with Crippen LogP contribution in [0.2, 0.25) is 0 Å². The van der Waals surface area contributed by atoms with Crippen LogP contribution in [0.1, 0.15) is 6.92 Å². The number of nitrogens with one attached hydrogen (secondary N) is 1. The first-order valence-corrected chi connectivity index (χ1v) is 4.02. The zero-order valence-electron chi connectivity index (χ0n) is 6.71. The van der Waals surface area contributed by atoms with Crippen molar-refractivity contribution in [1.82, 2.24) is 10.1 Å². The molecule has 62 valence electrons. The fourth-order valence-electron chi connectivity index (χ4n) is 0.455. The topological polar surface area (TPSA) is 15.3 Å². The SMILES string of the molecule is [B]NN(P)/C=C(Cl)\C(C)=C/C#C. The Morgan fingerprint density at radius 2 is 2.42 bits per heavy atom. The summed E-state index contributed by atoms with van der Waals surface area (Å²) in [7, 11) is 7.40. The fourth-order valence-corrected chi connectivity index (χ4v) is 0.858. The average Bonchev–Trinajstić information content (AvgIpc) is 2.04. The second-order valence-corrected chi connectivity index (χ2v) is 2.97. The maximum Gasteiger partial charge on any atom is 0.210 e. The van der Waals surface area contributed by atoms with Gasteiger partial charge in [-0.15, -0.1) is 6.42 Å². The number of nitrogens with zero attached hydrogens (tertiary/aromatic N) is 1. The van der Waals surface area contributed by atoms with Crippen molar-refractivity contribution >= 4 is 29.0 Å². The molecular weight excluding hydrogens is 189 g/mol. The summed E-state index contributed by atoms with van der Waals surface area (Å²) in [5.41, 5.74) is 0.807. The monoisotopic (exact) mass is 198 g/mol. The minimum atomic E-state index is 0.529. The number of rotatable bonds is 3. The Morgan fingerprint density at radius 3 is 2.83 bits per heavy atom. The molecule has 0 saturated carbocycles. The van der Waals surface area contributed by atoms with E-state index in [-0.39, 0.29) is 0 Å². The van der Waals surface area contributed by atoms with Crippen LogP contribution in [0.3, 0.4) is 0 Å². The molecule has 0 aliphatic heterocycles. The highest BCUT2D eigenvalue weighted by atomic mass is 35.5. The first kappa shape index (κ1) is 11.6. The zero-order valence-corrected chi connectivity index (χ0v) is 8.62. The molecule has 0 aliphatic rings. The lowest BCUT2D eigenvalue weighted by Gasteiger charge is -2.12. The van der Waals surface area contributed by atoms with Crippen LogP contribution < -0.4 is 5.34 Å². The van der Waals surface area contributed by atoms with Gasteiger partial charge in [-0.1, -0.05) is 17.5 Å². The first-order chi connectivity index (χ1) is 5.61. The summed E-state index contributed by atoms with van der Waals surface area (Å²) in [6.45, 7) is 1.81. The molecule has 1 N–H and O–H groups in total. The molecule has 0 aromatic heterocycles. The Balaban J connectivity index is 4.39. The Kier molecular flexibility index (Phi) is 5.93. The molecule has 1 atom stereocenters. The van der Waals surface area contributed by atoms with Gasteiger partial charge in [0.1, 0.15) is 0 Å². The predicted molar refractivity (Wildman–Crippen MR) is 57.0 cm³/mol. The highest BCUT2D eigenvalue weighted by Crippen LogP contribution is 2.14. The van der Waals surface area contributed by atoms with E-state index in [1.54, 1.807) is 12.3 Å². The Bertz CT molecular complexity index is 244. The fraction of sp³-hybridized carbons (Fsp3) is 0.143. The van der Waals surface area contributed by atoms with Crippen LogP contribution in [-0.4, -0.2) is 12.8 Å². The third-order valence-electron chi connectivity index (χ3n) is 1.08. The molecule has 0 aliphatic carbocycles. The number of halogens is 1. The largest absolute Gasteiger partial charge is 0.311 e. The van der Waals surface area contributed by atoms with Crippen molar-refractivity contribution in [3.8, 4) is 12.3 Å². The third-order valence-corrected chi connectivity index (χ3v) is 1.77. The summed E-state index contributed by atoms with van der Waals surface area (Å²) in [5.74, 6) is 2.38. The van der Waals surface area contributed by atoms with E-state index >= 15 is 0 Å². The van der Waals surface area contributed by atoms with Gasteiger partial charge in [-0.05, 0) is 28.0 Å². The van der Waals surface area contributed by atoms with Crippen LogP contribution in [0.15, 0.2) is 22.9 Å². The van der Waals surface area contributed by atoms with Crippen molar-refractivity contribution < 1.29 is 0 Å². The second-order valence-electron chi connectivity index (χ2n) is 2.01. The van der Waals surface area contributed by atoms with Gasteiger partial charge in [0.15, 0.2) is 0 Å². The van der Waals surface area contributed by atoms with Crippen LogP contribution in [0.25, 0.3) is 0 Å². The van der Waals surface area contributed by atoms with Crippen LogP contribution >= 0.6 is 21.0 Å².